The van der Waals surface area contributed by atoms with Gasteiger partial charge in [0.1, 0.15) is 6.10 Å². The minimum Gasteiger partial charge on any atom is -0.460 e. The monoisotopic (exact) mass is 277 g/mol. The van der Waals surface area contributed by atoms with Crippen LogP contribution in [0.1, 0.15) is 37.4 Å². The first-order chi connectivity index (χ1) is 9.65. The third-order valence-corrected chi connectivity index (χ3v) is 4.64. The minimum atomic E-state index is -1.67. The van der Waals surface area contributed by atoms with Crippen molar-refractivity contribution < 1.29 is 13.9 Å². The number of nitrogens with zero attached hydrogens (tertiary/aromatic N) is 1. The van der Waals surface area contributed by atoms with Crippen LogP contribution in [0.3, 0.4) is 0 Å². The van der Waals surface area contributed by atoms with Gasteiger partial charge in [0.15, 0.2) is 0 Å². The molecule has 0 radical (unpaired) electrons. The van der Waals surface area contributed by atoms with Crippen molar-refractivity contribution in [1.29, 1.82) is 0 Å². The first-order valence-corrected chi connectivity index (χ1v) is 7.26. The minimum absolute atomic E-state index is 0.127. The molecular weight excluding hydrogens is 257 g/mol. The van der Waals surface area contributed by atoms with Crippen LogP contribution in [0.15, 0.2) is 30.3 Å². The Morgan fingerprint density at radius 2 is 1.85 bits per heavy atom. The van der Waals surface area contributed by atoms with Gasteiger partial charge in [-0.05, 0) is 38.3 Å². The van der Waals surface area contributed by atoms with Crippen molar-refractivity contribution in [3.63, 3.8) is 0 Å². The lowest BCUT2D eigenvalue weighted by Crippen LogP contribution is -2.43. The van der Waals surface area contributed by atoms with Crippen LogP contribution in [0.5, 0.6) is 0 Å². The Morgan fingerprint density at radius 3 is 2.45 bits per heavy atom. The van der Waals surface area contributed by atoms with Crippen LogP contribution in [0.2, 0.25) is 0 Å². The Kier molecular flexibility index (Phi) is 3.74. The molecule has 2 fully saturated rings. The van der Waals surface area contributed by atoms with E-state index >= 15 is 0 Å². The standard InChI is InChI=1S/C16H20FNO2/c1-18-12-7-8-13(18)10-14(9-12)20-16(19)15(17)11-5-3-2-4-6-11/h2-6,12-15H,7-10H2,1H3. The van der Waals surface area contributed by atoms with Gasteiger partial charge in [-0.3, -0.25) is 0 Å². The predicted molar refractivity (Wildman–Crippen MR) is 74.0 cm³/mol. The Hall–Kier alpha value is -1.42. The maximum Gasteiger partial charge on any atom is 0.345 e. The fourth-order valence-electron chi connectivity index (χ4n) is 3.44. The van der Waals surface area contributed by atoms with Crippen LogP contribution < -0.4 is 0 Å². The molecule has 20 heavy (non-hydrogen) atoms. The number of esters is 1. The third-order valence-electron chi connectivity index (χ3n) is 4.64. The average molecular weight is 277 g/mol. The summed E-state index contributed by atoms with van der Waals surface area (Å²) in [5.41, 5.74) is 0.369. The Bertz CT molecular complexity index is 465. The van der Waals surface area contributed by atoms with E-state index in [0.29, 0.717) is 17.6 Å². The molecule has 3 unspecified atom stereocenters. The van der Waals surface area contributed by atoms with Gasteiger partial charge in [0.05, 0.1) is 0 Å². The number of carbonyl (C=O) groups excluding carboxylic acids is 1. The van der Waals surface area contributed by atoms with Crippen LogP contribution in [0, 0.1) is 0 Å². The molecule has 1 aromatic rings. The highest BCUT2D eigenvalue weighted by molar-refractivity contribution is 5.76. The maximum absolute atomic E-state index is 14.1. The molecule has 2 bridgehead atoms. The quantitative estimate of drug-likeness (QED) is 0.796. The third kappa shape index (κ3) is 2.57. The van der Waals surface area contributed by atoms with E-state index in [1.807, 2.05) is 0 Å². The summed E-state index contributed by atoms with van der Waals surface area (Å²) < 4.78 is 19.5. The van der Waals surface area contributed by atoms with Gasteiger partial charge in [-0.2, -0.15) is 0 Å². The molecule has 3 atom stereocenters. The number of hydrogen-bond donors (Lipinski definition) is 0. The molecule has 0 N–H and O–H groups in total. The van der Waals surface area contributed by atoms with Gasteiger partial charge in [0, 0.05) is 12.1 Å². The summed E-state index contributed by atoms with van der Waals surface area (Å²) in [5, 5.41) is 0. The number of alkyl halides is 1. The lowest BCUT2D eigenvalue weighted by molar-refractivity contribution is -0.158. The maximum atomic E-state index is 14.1. The van der Waals surface area contributed by atoms with Gasteiger partial charge in [-0.15, -0.1) is 0 Å². The van der Waals surface area contributed by atoms with Gasteiger partial charge in [-0.1, -0.05) is 30.3 Å². The van der Waals surface area contributed by atoms with Crippen molar-refractivity contribution in [1.82, 2.24) is 4.90 Å². The van der Waals surface area contributed by atoms with Crippen molar-refractivity contribution in [2.45, 2.75) is 50.0 Å². The lowest BCUT2D eigenvalue weighted by atomic mass is 10.0. The molecule has 3 nitrogen and oxygen atoms in total. The Morgan fingerprint density at radius 1 is 1.25 bits per heavy atom. The molecule has 2 saturated heterocycles. The van der Waals surface area contributed by atoms with E-state index in [0.717, 1.165) is 25.7 Å². The van der Waals surface area contributed by atoms with Crippen LogP contribution in [0.25, 0.3) is 0 Å². The number of hydrogen-bond acceptors (Lipinski definition) is 3. The molecule has 4 heteroatoms. The highest BCUT2D eigenvalue weighted by Crippen LogP contribution is 2.36. The highest BCUT2D eigenvalue weighted by atomic mass is 19.1. The summed E-state index contributed by atoms with van der Waals surface area (Å²) in [5.74, 6) is -0.745. The van der Waals surface area contributed by atoms with E-state index in [1.54, 1.807) is 30.3 Å². The number of benzene rings is 1. The van der Waals surface area contributed by atoms with Gasteiger partial charge in [-0.25, -0.2) is 9.18 Å². The molecule has 2 heterocycles. The molecule has 0 aromatic heterocycles. The zero-order valence-electron chi connectivity index (χ0n) is 11.7. The second-order valence-electron chi connectivity index (χ2n) is 5.85. The number of carbonyl (C=O) groups is 1. The van der Waals surface area contributed by atoms with E-state index in [4.69, 9.17) is 4.74 Å². The van der Waals surface area contributed by atoms with Gasteiger partial charge in [0.2, 0.25) is 6.17 Å². The topological polar surface area (TPSA) is 29.5 Å². The molecule has 0 saturated carbocycles. The van der Waals surface area contributed by atoms with Gasteiger partial charge in [0.25, 0.3) is 0 Å². The van der Waals surface area contributed by atoms with Crippen molar-refractivity contribution in [3.8, 4) is 0 Å². The summed E-state index contributed by atoms with van der Waals surface area (Å²) in [6, 6.07) is 9.46. The summed E-state index contributed by atoms with van der Waals surface area (Å²) >= 11 is 0. The molecule has 108 valence electrons. The summed E-state index contributed by atoms with van der Waals surface area (Å²) in [4.78, 5) is 14.3. The summed E-state index contributed by atoms with van der Waals surface area (Å²) in [6.07, 6.45) is 2.19. The Labute approximate surface area is 118 Å². The first-order valence-electron chi connectivity index (χ1n) is 7.26. The van der Waals surface area contributed by atoms with E-state index in [2.05, 4.69) is 11.9 Å². The van der Waals surface area contributed by atoms with Crippen LogP contribution in [-0.2, 0) is 9.53 Å². The number of piperidine rings is 1. The zero-order chi connectivity index (χ0) is 14.1. The number of rotatable bonds is 3. The molecule has 2 aliphatic rings. The smallest absolute Gasteiger partial charge is 0.345 e. The largest absolute Gasteiger partial charge is 0.460 e. The number of fused-ring (bicyclic) bond motifs is 2. The molecule has 3 rings (SSSR count). The molecule has 0 aliphatic carbocycles. The van der Waals surface area contributed by atoms with Crippen molar-refractivity contribution in [3.05, 3.63) is 35.9 Å². The van der Waals surface area contributed by atoms with E-state index in [1.165, 1.54) is 0 Å². The molecule has 0 amide bonds. The molecular formula is C16H20FNO2. The van der Waals surface area contributed by atoms with Crippen LogP contribution >= 0.6 is 0 Å². The highest BCUT2D eigenvalue weighted by Gasteiger charge is 2.40. The Balaban J connectivity index is 1.60. The van der Waals surface area contributed by atoms with E-state index in [-0.39, 0.29) is 6.10 Å². The van der Waals surface area contributed by atoms with Crippen molar-refractivity contribution >= 4 is 5.97 Å². The van der Waals surface area contributed by atoms with Crippen molar-refractivity contribution in [2.24, 2.45) is 0 Å². The second-order valence-corrected chi connectivity index (χ2v) is 5.85. The molecule has 1 aromatic carbocycles. The van der Waals surface area contributed by atoms with Gasteiger partial charge < -0.3 is 9.64 Å². The summed E-state index contributed by atoms with van der Waals surface area (Å²) in [6.45, 7) is 0. The van der Waals surface area contributed by atoms with Crippen molar-refractivity contribution in [2.75, 3.05) is 7.05 Å². The second kappa shape index (κ2) is 5.52. The van der Waals surface area contributed by atoms with Gasteiger partial charge >= 0.3 is 5.97 Å². The summed E-state index contributed by atoms with van der Waals surface area (Å²) in [7, 11) is 2.13. The SMILES string of the molecule is CN1C2CCC1CC(OC(=O)C(F)c1ccccc1)C2. The fourth-order valence-corrected chi connectivity index (χ4v) is 3.44. The first kappa shape index (κ1) is 13.6. The van der Waals surface area contributed by atoms with E-state index in [9.17, 15) is 9.18 Å². The fraction of sp³-hybridized carbons (Fsp3) is 0.562. The molecule has 2 aliphatic heterocycles. The number of ether oxygens (including phenoxy) is 1. The normalized spacial score (nSPS) is 31.0. The van der Waals surface area contributed by atoms with Crippen LogP contribution in [0.4, 0.5) is 4.39 Å². The van der Waals surface area contributed by atoms with Crippen LogP contribution in [-0.4, -0.2) is 36.1 Å². The van der Waals surface area contributed by atoms with E-state index < -0.39 is 12.1 Å². The lowest BCUT2D eigenvalue weighted by Gasteiger charge is -2.35. The predicted octanol–water partition coefficient (Wildman–Crippen LogP) is 2.87. The zero-order valence-corrected chi connectivity index (χ0v) is 11.7. The molecule has 0 spiro atoms. The average Bonchev–Trinajstić information content (AvgIpc) is 2.69. The number of halogens is 1.